The second-order valence-corrected chi connectivity index (χ2v) is 5.31. The topological polar surface area (TPSA) is 68.0 Å². The van der Waals surface area contributed by atoms with E-state index in [0.29, 0.717) is 16.5 Å². The number of para-hydroxylation sites is 2. The molecular weight excluding hydrogens is 300 g/mol. The molecule has 0 aliphatic rings. The van der Waals surface area contributed by atoms with Crippen LogP contribution in [0.15, 0.2) is 42.5 Å². The van der Waals surface area contributed by atoms with E-state index in [-0.39, 0.29) is 0 Å². The number of nitrogens with one attached hydrogen (secondary N) is 1. The van der Waals surface area contributed by atoms with Gasteiger partial charge in [0.1, 0.15) is 0 Å². The molecular formula is C15H11ClN6. The Morgan fingerprint density at radius 1 is 1.09 bits per heavy atom. The third kappa shape index (κ3) is 1.96. The molecule has 7 heteroatoms. The van der Waals surface area contributed by atoms with Crippen LogP contribution in [-0.2, 0) is 0 Å². The second-order valence-electron chi connectivity index (χ2n) is 4.90. The van der Waals surface area contributed by atoms with E-state index in [2.05, 4.69) is 25.8 Å². The van der Waals surface area contributed by atoms with E-state index in [0.717, 1.165) is 22.3 Å². The molecule has 0 spiro atoms. The van der Waals surface area contributed by atoms with Gasteiger partial charge in [-0.2, -0.15) is 4.52 Å². The van der Waals surface area contributed by atoms with Gasteiger partial charge in [0.15, 0.2) is 5.82 Å². The Hall–Kier alpha value is -2.73. The number of fused-ring (bicyclic) bond motifs is 3. The van der Waals surface area contributed by atoms with Gasteiger partial charge in [-0.25, -0.2) is 4.98 Å². The number of hydrogen-bond donors (Lipinski definition) is 1. The van der Waals surface area contributed by atoms with Crippen LogP contribution in [0.5, 0.6) is 0 Å². The average molecular weight is 311 g/mol. The Kier molecular flexibility index (Phi) is 2.90. The molecule has 22 heavy (non-hydrogen) atoms. The first-order chi connectivity index (χ1) is 10.7. The lowest BCUT2D eigenvalue weighted by Crippen LogP contribution is -2.02. The minimum absolute atomic E-state index is 0.568. The van der Waals surface area contributed by atoms with Gasteiger partial charge in [0, 0.05) is 10.7 Å². The zero-order valence-electron chi connectivity index (χ0n) is 11.7. The lowest BCUT2D eigenvalue weighted by atomic mass is 10.2. The summed E-state index contributed by atoms with van der Waals surface area (Å²) in [4.78, 5) is 4.62. The van der Waals surface area contributed by atoms with Gasteiger partial charge in [-0.05, 0) is 47.2 Å². The van der Waals surface area contributed by atoms with Crippen LogP contribution < -0.4 is 5.32 Å². The number of halogens is 1. The highest BCUT2D eigenvalue weighted by Gasteiger charge is 2.12. The number of rotatable bonds is 2. The molecule has 1 N–H and O–H groups in total. The van der Waals surface area contributed by atoms with Gasteiger partial charge < -0.3 is 5.32 Å². The van der Waals surface area contributed by atoms with Crippen LogP contribution >= 0.6 is 11.6 Å². The van der Waals surface area contributed by atoms with Crippen LogP contribution in [0.4, 0.5) is 11.5 Å². The van der Waals surface area contributed by atoms with E-state index < -0.39 is 0 Å². The van der Waals surface area contributed by atoms with Crippen LogP contribution in [0, 0.1) is 6.92 Å². The van der Waals surface area contributed by atoms with Crippen molar-refractivity contribution < 1.29 is 0 Å². The molecule has 0 bridgehead atoms. The quantitative estimate of drug-likeness (QED) is 0.614. The SMILES string of the molecule is Cc1c(Cl)cccc1Nc1nc2ccccc2n2nnnc12. The van der Waals surface area contributed by atoms with Crippen LogP contribution in [-0.4, -0.2) is 25.0 Å². The molecule has 0 saturated carbocycles. The highest BCUT2D eigenvalue weighted by Crippen LogP contribution is 2.27. The third-order valence-electron chi connectivity index (χ3n) is 3.54. The minimum Gasteiger partial charge on any atom is -0.337 e. The molecule has 0 aliphatic heterocycles. The Morgan fingerprint density at radius 2 is 1.95 bits per heavy atom. The molecule has 6 nitrogen and oxygen atoms in total. The zero-order valence-corrected chi connectivity index (χ0v) is 12.4. The van der Waals surface area contributed by atoms with E-state index >= 15 is 0 Å². The number of hydrogen-bond acceptors (Lipinski definition) is 5. The Bertz CT molecular complexity index is 994. The van der Waals surface area contributed by atoms with Crippen molar-refractivity contribution >= 4 is 39.8 Å². The van der Waals surface area contributed by atoms with Gasteiger partial charge in [0.25, 0.3) is 0 Å². The summed E-state index contributed by atoms with van der Waals surface area (Å²) in [5.41, 5.74) is 4.06. The molecule has 108 valence electrons. The predicted octanol–water partition coefficient (Wildman–Crippen LogP) is 3.38. The maximum absolute atomic E-state index is 6.17. The van der Waals surface area contributed by atoms with E-state index in [1.54, 1.807) is 4.52 Å². The highest BCUT2D eigenvalue weighted by atomic mass is 35.5. The molecule has 4 rings (SSSR count). The highest BCUT2D eigenvalue weighted by molar-refractivity contribution is 6.31. The maximum atomic E-state index is 6.17. The van der Waals surface area contributed by atoms with Crippen molar-refractivity contribution in [2.45, 2.75) is 6.92 Å². The van der Waals surface area contributed by atoms with Crippen molar-refractivity contribution in [3.05, 3.63) is 53.1 Å². The summed E-state index contributed by atoms with van der Waals surface area (Å²) in [6.45, 7) is 1.95. The van der Waals surface area contributed by atoms with Crippen LogP contribution in [0.3, 0.4) is 0 Å². The van der Waals surface area contributed by atoms with Crippen LogP contribution in [0.25, 0.3) is 16.7 Å². The minimum atomic E-state index is 0.568. The molecule has 2 heterocycles. The van der Waals surface area contributed by atoms with Crippen LogP contribution in [0.2, 0.25) is 5.02 Å². The summed E-state index contributed by atoms with van der Waals surface area (Å²) in [7, 11) is 0. The summed E-state index contributed by atoms with van der Waals surface area (Å²) in [5, 5.41) is 15.8. The van der Waals surface area contributed by atoms with Crippen molar-refractivity contribution in [2.75, 3.05) is 5.32 Å². The van der Waals surface area contributed by atoms with E-state index in [1.807, 2.05) is 49.4 Å². The number of aromatic nitrogens is 5. The molecule has 4 aromatic rings. The summed E-state index contributed by atoms with van der Waals surface area (Å²) >= 11 is 6.17. The van der Waals surface area contributed by atoms with Gasteiger partial charge in [0.2, 0.25) is 5.65 Å². The first kappa shape index (κ1) is 13.0. The van der Waals surface area contributed by atoms with Crippen molar-refractivity contribution in [1.29, 1.82) is 0 Å². The largest absolute Gasteiger partial charge is 0.337 e. The summed E-state index contributed by atoms with van der Waals surface area (Å²) in [6.07, 6.45) is 0. The lowest BCUT2D eigenvalue weighted by Gasteiger charge is -2.11. The number of benzene rings is 2. The van der Waals surface area contributed by atoms with E-state index in [1.165, 1.54) is 0 Å². The molecule has 0 saturated heterocycles. The van der Waals surface area contributed by atoms with Gasteiger partial charge in [-0.3, -0.25) is 0 Å². The Balaban J connectivity index is 1.93. The molecule has 0 atom stereocenters. The van der Waals surface area contributed by atoms with E-state index in [9.17, 15) is 0 Å². The molecule has 0 radical (unpaired) electrons. The van der Waals surface area contributed by atoms with Crippen molar-refractivity contribution in [3.63, 3.8) is 0 Å². The third-order valence-corrected chi connectivity index (χ3v) is 3.95. The van der Waals surface area contributed by atoms with Crippen molar-refractivity contribution in [3.8, 4) is 0 Å². The fraction of sp³-hybridized carbons (Fsp3) is 0.0667. The predicted molar refractivity (Wildman–Crippen MR) is 85.6 cm³/mol. The lowest BCUT2D eigenvalue weighted by molar-refractivity contribution is 0.841. The molecule has 0 fully saturated rings. The first-order valence-electron chi connectivity index (χ1n) is 6.73. The van der Waals surface area contributed by atoms with E-state index in [4.69, 9.17) is 11.6 Å². The van der Waals surface area contributed by atoms with Crippen molar-refractivity contribution in [2.24, 2.45) is 0 Å². The molecule has 2 aromatic heterocycles. The van der Waals surface area contributed by atoms with Gasteiger partial charge >= 0.3 is 0 Å². The monoisotopic (exact) mass is 310 g/mol. The first-order valence-corrected chi connectivity index (χ1v) is 7.11. The maximum Gasteiger partial charge on any atom is 0.222 e. The molecule has 0 aliphatic carbocycles. The van der Waals surface area contributed by atoms with Gasteiger partial charge in [-0.1, -0.05) is 29.8 Å². The van der Waals surface area contributed by atoms with Gasteiger partial charge in [0.05, 0.1) is 11.0 Å². The van der Waals surface area contributed by atoms with Crippen molar-refractivity contribution in [1.82, 2.24) is 25.0 Å². The van der Waals surface area contributed by atoms with Crippen LogP contribution in [0.1, 0.15) is 5.56 Å². The number of nitrogens with zero attached hydrogens (tertiary/aromatic N) is 5. The Labute approximate surface area is 130 Å². The summed E-state index contributed by atoms with van der Waals surface area (Å²) in [6, 6.07) is 13.4. The smallest absolute Gasteiger partial charge is 0.222 e. The normalized spacial score (nSPS) is 11.2. The fourth-order valence-electron chi connectivity index (χ4n) is 2.36. The molecule has 2 aromatic carbocycles. The standard InChI is InChI=1S/C15H11ClN6/c1-9-10(16)5-4-7-11(9)17-14-15-19-20-21-22(15)13-8-3-2-6-12(13)18-14/h2-8H,1H3,(H,17,18). The zero-order chi connectivity index (χ0) is 15.1. The number of tetrazole rings is 1. The summed E-state index contributed by atoms with van der Waals surface area (Å²) in [5.74, 6) is 0.592. The molecule has 0 unspecified atom stereocenters. The molecule has 0 amide bonds. The fourth-order valence-corrected chi connectivity index (χ4v) is 2.53. The second kappa shape index (κ2) is 4.92. The average Bonchev–Trinajstić information content (AvgIpc) is 3.02. The Morgan fingerprint density at radius 3 is 2.86 bits per heavy atom. The van der Waals surface area contributed by atoms with Gasteiger partial charge in [-0.15, -0.1) is 5.10 Å². The summed E-state index contributed by atoms with van der Waals surface area (Å²) < 4.78 is 1.67. The number of anilines is 2.